The lowest BCUT2D eigenvalue weighted by Gasteiger charge is -2.41. The van der Waals surface area contributed by atoms with E-state index in [-0.39, 0.29) is 0 Å². The summed E-state index contributed by atoms with van der Waals surface area (Å²) in [6.45, 7) is 13.1. The molecule has 94 valence electrons. The van der Waals surface area contributed by atoms with Crippen LogP contribution in [-0.2, 0) is 0 Å². The van der Waals surface area contributed by atoms with Gasteiger partial charge in [0.25, 0.3) is 0 Å². The second-order valence-corrected chi connectivity index (χ2v) is 5.80. The van der Waals surface area contributed by atoms with E-state index in [0.717, 1.165) is 25.0 Å². The maximum absolute atomic E-state index is 6.09. The first-order valence-electron chi connectivity index (χ1n) is 6.48. The van der Waals surface area contributed by atoms with Crippen molar-refractivity contribution in [3.63, 3.8) is 0 Å². The third-order valence-electron chi connectivity index (χ3n) is 3.51. The SMILES string of the molecule is CC(C)CN=C(N)N1CC(C)CC(C)C1C. The smallest absolute Gasteiger partial charge is 0.191 e. The van der Waals surface area contributed by atoms with Crippen LogP contribution in [0, 0.1) is 17.8 Å². The molecule has 0 amide bonds. The van der Waals surface area contributed by atoms with Crippen molar-refractivity contribution in [1.29, 1.82) is 0 Å². The molecule has 1 saturated heterocycles. The minimum absolute atomic E-state index is 0.520. The summed E-state index contributed by atoms with van der Waals surface area (Å²) in [6, 6.07) is 0.520. The maximum Gasteiger partial charge on any atom is 0.191 e. The fourth-order valence-electron chi connectivity index (χ4n) is 2.38. The molecule has 0 aromatic heterocycles. The number of nitrogens with two attached hydrogens (primary N) is 1. The standard InChI is InChI=1S/C13H27N3/c1-9(2)7-15-13(14)16-8-10(3)6-11(4)12(16)5/h9-12H,6-8H2,1-5H3,(H2,14,15). The summed E-state index contributed by atoms with van der Waals surface area (Å²) < 4.78 is 0. The molecule has 3 atom stereocenters. The van der Waals surface area contributed by atoms with Gasteiger partial charge in [0, 0.05) is 19.1 Å². The van der Waals surface area contributed by atoms with E-state index in [4.69, 9.17) is 5.73 Å². The highest BCUT2D eigenvalue weighted by Gasteiger charge is 2.29. The van der Waals surface area contributed by atoms with Crippen molar-refractivity contribution in [3.8, 4) is 0 Å². The first-order valence-corrected chi connectivity index (χ1v) is 6.48. The van der Waals surface area contributed by atoms with Gasteiger partial charge in [0.2, 0.25) is 0 Å². The van der Waals surface area contributed by atoms with E-state index in [1.807, 2.05) is 0 Å². The molecule has 3 nitrogen and oxygen atoms in total. The highest BCUT2D eigenvalue weighted by molar-refractivity contribution is 5.78. The van der Waals surface area contributed by atoms with Gasteiger partial charge in [0.05, 0.1) is 0 Å². The Bertz CT molecular complexity index is 248. The van der Waals surface area contributed by atoms with Crippen LogP contribution < -0.4 is 5.73 Å². The molecule has 3 unspecified atom stereocenters. The highest BCUT2D eigenvalue weighted by atomic mass is 15.3. The van der Waals surface area contributed by atoms with Crippen LogP contribution in [-0.4, -0.2) is 30.0 Å². The lowest BCUT2D eigenvalue weighted by Crippen LogP contribution is -2.51. The molecule has 1 heterocycles. The van der Waals surface area contributed by atoms with Gasteiger partial charge in [-0.3, -0.25) is 4.99 Å². The largest absolute Gasteiger partial charge is 0.370 e. The minimum atomic E-state index is 0.520. The molecule has 0 radical (unpaired) electrons. The number of aliphatic imine (C=N–C) groups is 1. The zero-order valence-electron chi connectivity index (χ0n) is 11.4. The Hall–Kier alpha value is -0.730. The Kier molecular flexibility index (Phi) is 4.63. The predicted octanol–water partition coefficient (Wildman–Crippen LogP) is 2.32. The first-order chi connectivity index (χ1) is 7.41. The van der Waals surface area contributed by atoms with Crippen LogP contribution in [0.15, 0.2) is 4.99 Å². The van der Waals surface area contributed by atoms with E-state index in [1.54, 1.807) is 0 Å². The average Bonchev–Trinajstić information content (AvgIpc) is 2.19. The summed E-state index contributed by atoms with van der Waals surface area (Å²) in [5.74, 6) is 2.74. The molecule has 1 fully saturated rings. The van der Waals surface area contributed by atoms with Gasteiger partial charge in [0.15, 0.2) is 5.96 Å². The van der Waals surface area contributed by atoms with Crippen LogP contribution in [0.3, 0.4) is 0 Å². The first kappa shape index (κ1) is 13.3. The summed E-state index contributed by atoms with van der Waals surface area (Å²) in [7, 11) is 0. The minimum Gasteiger partial charge on any atom is -0.370 e. The summed E-state index contributed by atoms with van der Waals surface area (Å²) in [5.41, 5.74) is 6.09. The molecule has 1 aliphatic heterocycles. The van der Waals surface area contributed by atoms with Crippen molar-refractivity contribution in [2.45, 2.75) is 47.1 Å². The van der Waals surface area contributed by atoms with Crippen LogP contribution in [0.2, 0.25) is 0 Å². The third-order valence-corrected chi connectivity index (χ3v) is 3.51. The maximum atomic E-state index is 6.09. The van der Waals surface area contributed by atoms with Gasteiger partial charge in [-0.25, -0.2) is 0 Å². The van der Waals surface area contributed by atoms with Gasteiger partial charge in [-0.15, -0.1) is 0 Å². The van der Waals surface area contributed by atoms with Gasteiger partial charge >= 0.3 is 0 Å². The van der Waals surface area contributed by atoms with Crippen molar-refractivity contribution in [1.82, 2.24) is 4.90 Å². The Labute approximate surface area is 100 Å². The van der Waals surface area contributed by atoms with Gasteiger partial charge in [0.1, 0.15) is 0 Å². The molecule has 16 heavy (non-hydrogen) atoms. The normalized spacial score (nSPS) is 32.2. The zero-order valence-corrected chi connectivity index (χ0v) is 11.4. The second-order valence-electron chi connectivity index (χ2n) is 5.80. The van der Waals surface area contributed by atoms with Crippen LogP contribution in [0.5, 0.6) is 0 Å². The molecule has 0 spiro atoms. The average molecular weight is 225 g/mol. The van der Waals surface area contributed by atoms with Crippen LogP contribution >= 0.6 is 0 Å². The quantitative estimate of drug-likeness (QED) is 0.579. The van der Waals surface area contributed by atoms with Crippen molar-refractivity contribution in [2.75, 3.05) is 13.1 Å². The number of piperidine rings is 1. The molecular weight excluding hydrogens is 198 g/mol. The van der Waals surface area contributed by atoms with Gasteiger partial charge in [-0.2, -0.15) is 0 Å². The second kappa shape index (κ2) is 5.55. The van der Waals surface area contributed by atoms with Crippen molar-refractivity contribution in [3.05, 3.63) is 0 Å². The summed E-state index contributed by atoms with van der Waals surface area (Å²) in [5, 5.41) is 0. The molecule has 0 bridgehead atoms. The Morgan fingerprint density at radius 2 is 2.00 bits per heavy atom. The van der Waals surface area contributed by atoms with E-state index >= 15 is 0 Å². The Balaban J connectivity index is 2.66. The van der Waals surface area contributed by atoms with E-state index in [2.05, 4.69) is 44.5 Å². The summed E-state index contributed by atoms with van der Waals surface area (Å²) >= 11 is 0. The Morgan fingerprint density at radius 3 is 2.56 bits per heavy atom. The van der Waals surface area contributed by atoms with Gasteiger partial charge in [-0.05, 0) is 31.1 Å². The number of hydrogen-bond donors (Lipinski definition) is 1. The van der Waals surface area contributed by atoms with E-state index in [0.29, 0.717) is 17.9 Å². The van der Waals surface area contributed by atoms with E-state index in [9.17, 15) is 0 Å². The molecule has 0 saturated carbocycles. The van der Waals surface area contributed by atoms with E-state index < -0.39 is 0 Å². The van der Waals surface area contributed by atoms with Crippen molar-refractivity contribution < 1.29 is 0 Å². The molecule has 2 N–H and O–H groups in total. The molecule has 0 aromatic rings. The van der Waals surface area contributed by atoms with Gasteiger partial charge in [-0.1, -0.05) is 27.7 Å². The molecule has 3 heteroatoms. The lowest BCUT2D eigenvalue weighted by atomic mass is 9.86. The van der Waals surface area contributed by atoms with Crippen molar-refractivity contribution in [2.24, 2.45) is 28.5 Å². The topological polar surface area (TPSA) is 41.6 Å². The van der Waals surface area contributed by atoms with Crippen LogP contribution in [0.25, 0.3) is 0 Å². The number of nitrogens with zero attached hydrogens (tertiary/aromatic N) is 2. The molecule has 1 rings (SSSR count). The third kappa shape index (κ3) is 3.39. The number of guanidine groups is 1. The zero-order chi connectivity index (χ0) is 12.3. The lowest BCUT2D eigenvalue weighted by molar-refractivity contribution is 0.145. The molecular formula is C13H27N3. The summed E-state index contributed by atoms with van der Waals surface area (Å²) in [6.07, 6.45) is 1.30. The highest BCUT2D eigenvalue weighted by Crippen LogP contribution is 2.26. The molecule has 0 aromatic carbocycles. The summed E-state index contributed by atoms with van der Waals surface area (Å²) in [4.78, 5) is 6.77. The van der Waals surface area contributed by atoms with E-state index in [1.165, 1.54) is 6.42 Å². The fourth-order valence-corrected chi connectivity index (χ4v) is 2.38. The molecule has 0 aliphatic carbocycles. The number of likely N-dealkylation sites (tertiary alicyclic amines) is 1. The number of hydrogen-bond acceptors (Lipinski definition) is 1. The monoisotopic (exact) mass is 225 g/mol. The van der Waals surface area contributed by atoms with Crippen molar-refractivity contribution >= 4 is 5.96 Å². The fraction of sp³-hybridized carbons (Fsp3) is 0.923. The predicted molar refractivity (Wildman–Crippen MR) is 70.4 cm³/mol. The van der Waals surface area contributed by atoms with Gasteiger partial charge < -0.3 is 10.6 Å². The molecule has 1 aliphatic rings. The van der Waals surface area contributed by atoms with Crippen LogP contribution in [0.4, 0.5) is 0 Å². The Morgan fingerprint density at radius 1 is 1.38 bits per heavy atom. The van der Waals surface area contributed by atoms with Crippen LogP contribution in [0.1, 0.15) is 41.0 Å². The number of rotatable bonds is 2.